The van der Waals surface area contributed by atoms with Crippen LogP contribution in [0.25, 0.3) is 0 Å². The highest BCUT2D eigenvalue weighted by Crippen LogP contribution is 2.18. The summed E-state index contributed by atoms with van der Waals surface area (Å²) in [5, 5.41) is 9.57. The van der Waals surface area contributed by atoms with Crippen LogP contribution in [0.2, 0.25) is 0 Å². The van der Waals surface area contributed by atoms with Crippen LogP contribution in [0.1, 0.15) is 14.8 Å². The lowest BCUT2D eigenvalue weighted by atomic mass is 10.3. The SMILES string of the molecule is O=C(Nc1ccc(F)cc1F)c1nnc(CNS(=O)(=O)c2ccc(F)cc2)s1. The Morgan fingerprint density at radius 1 is 1.00 bits per heavy atom. The number of nitrogens with zero attached hydrogens (tertiary/aromatic N) is 2. The van der Waals surface area contributed by atoms with E-state index in [0.29, 0.717) is 6.07 Å². The zero-order valence-electron chi connectivity index (χ0n) is 13.8. The number of amides is 1. The van der Waals surface area contributed by atoms with E-state index >= 15 is 0 Å². The molecule has 2 aromatic carbocycles. The van der Waals surface area contributed by atoms with Gasteiger partial charge in [0.1, 0.15) is 22.5 Å². The molecule has 2 N–H and O–H groups in total. The van der Waals surface area contributed by atoms with Gasteiger partial charge in [-0.1, -0.05) is 11.3 Å². The van der Waals surface area contributed by atoms with Crippen molar-refractivity contribution in [3.8, 4) is 0 Å². The molecule has 1 amide bonds. The molecule has 0 atom stereocenters. The monoisotopic (exact) mass is 428 g/mol. The Balaban J connectivity index is 1.65. The number of sulfonamides is 1. The normalized spacial score (nSPS) is 11.4. The van der Waals surface area contributed by atoms with Gasteiger partial charge in [-0.3, -0.25) is 4.79 Å². The molecule has 12 heteroatoms. The van der Waals surface area contributed by atoms with Crippen molar-refractivity contribution in [1.82, 2.24) is 14.9 Å². The van der Waals surface area contributed by atoms with Crippen LogP contribution in [0, 0.1) is 17.5 Å². The van der Waals surface area contributed by atoms with Crippen molar-refractivity contribution >= 4 is 33.0 Å². The van der Waals surface area contributed by atoms with Crippen LogP contribution >= 0.6 is 11.3 Å². The van der Waals surface area contributed by atoms with Crippen molar-refractivity contribution in [1.29, 1.82) is 0 Å². The molecule has 28 heavy (non-hydrogen) atoms. The smallest absolute Gasteiger partial charge is 0.286 e. The molecule has 3 aromatic rings. The Labute approximate surface area is 161 Å². The minimum Gasteiger partial charge on any atom is -0.317 e. The van der Waals surface area contributed by atoms with E-state index in [0.717, 1.165) is 47.7 Å². The summed E-state index contributed by atoms with van der Waals surface area (Å²) >= 11 is 0.790. The molecule has 0 aliphatic carbocycles. The van der Waals surface area contributed by atoms with Gasteiger partial charge < -0.3 is 5.32 Å². The largest absolute Gasteiger partial charge is 0.317 e. The summed E-state index contributed by atoms with van der Waals surface area (Å²) in [6, 6.07) is 6.88. The van der Waals surface area contributed by atoms with Gasteiger partial charge in [-0.05, 0) is 36.4 Å². The number of hydrogen-bond acceptors (Lipinski definition) is 6. The molecule has 0 spiro atoms. The number of rotatable bonds is 6. The highest BCUT2D eigenvalue weighted by Gasteiger charge is 2.18. The van der Waals surface area contributed by atoms with Crippen molar-refractivity contribution < 1.29 is 26.4 Å². The second kappa shape index (κ2) is 8.04. The molecule has 0 saturated carbocycles. The minimum atomic E-state index is -3.91. The fourth-order valence-corrected chi connectivity index (χ4v) is 3.79. The van der Waals surface area contributed by atoms with E-state index in [4.69, 9.17) is 0 Å². The van der Waals surface area contributed by atoms with Gasteiger partial charge in [-0.25, -0.2) is 26.3 Å². The third-order valence-corrected chi connectivity index (χ3v) is 5.72. The molecule has 0 bridgehead atoms. The number of aromatic nitrogens is 2. The van der Waals surface area contributed by atoms with Crippen LogP contribution in [0.5, 0.6) is 0 Å². The summed E-state index contributed by atoms with van der Waals surface area (Å²) in [5.41, 5.74) is -0.236. The quantitative estimate of drug-likeness (QED) is 0.629. The summed E-state index contributed by atoms with van der Waals surface area (Å²) in [4.78, 5) is 11.9. The zero-order chi connectivity index (χ0) is 20.3. The van der Waals surface area contributed by atoms with Gasteiger partial charge in [0.05, 0.1) is 17.1 Å². The number of anilines is 1. The zero-order valence-corrected chi connectivity index (χ0v) is 15.5. The van der Waals surface area contributed by atoms with Gasteiger partial charge in [0.2, 0.25) is 15.0 Å². The molecule has 146 valence electrons. The van der Waals surface area contributed by atoms with Crippen LogP contribution in [-0.4, -0.2) is 24.5 Å². The maximum absolute atomic E-state index is 13.6. The number of nitrogens with one attached hydrogen (secondary N) is 2. The van der Waals surface area contributed by atoms with Gasteiger partial charge in [0.15, 0.2) is 0 Å². The number of hydrogen-bond donors (Lipinski definition) is 2. The van der Waals surface area contributed by atoms with Crippen LogP contribution < -0.4 is 10.0 Å². The summed E-state index contributed by atoms with van der Waals surface area (Å²) in [6.07, 6.45) is 0. The molecular weight excluding hydrogens is 417 g/mol. The Morgan fingerprint density at radius 2 is 1.68 bits per heavy atom. The highest BCUT2D eigenvalue weighted by molar-refractivity contribution is 7.89. The van der Waals surface area contributed by atoms with Crippen molar-refractivity contribution in [3.63, 3.8) is 0 Å². The average molecular weight is 428 g/mol. The number of carbonyl (C=O) groups excluding carboxylic acids is 1. The Hall–Kier alpha value is -2.83. The maximum Gasteiger partial charge on any atom is 0.286 e. The predicted octanol–water partition coefficient (Wildman–Crippen LogP) is 2.69. The summed E-state index contributed by atoms with van der Waals surface area (Å²) in [6.45, 7) is -0.254. The lowest BCUT2D eigenvalue weighted by molar-refractivity contribution is 0.102. The molecule has 0 saturated heterocycles. The first kappa shape index (κ1) is 19.9. The van der Waals surface area contributed by atoms with E-state index in [2.05, 4.69) is 20.2 Å². The molecule has 0 fully saturated rings. The molecule has 0 aliphatic rings. The fraction of sp³-hybridized carbons (Fsp3) is 0.0625. The Kier molecular flexibility index (Phi) is 5.72. The van der Waals surface area contributed by atoms with Crippen LogP contribution in [0.4, 0.5) is 18.9 Å². The lowest BCUT2D eigenvalue weighted by Crippen LogP contribution is -2.23. The molecule has 3 rings (SSSR count). The number of benzene rings is 2. The number of halogens is 3. The highest BCUT2D eigenvalue weighted by atomic mass is 32.2. The van der Waals surface area contributed by atoms with Gasteiger partial charge in [0, 0.05) is 6.07 Å². The molecule has 1 heterocycles. The first-order valence-corrected chi connectivity index (χ1v) is 9.88. The first-order chi connectivity index (χ1) is 13.2. The number of carbonyl (C=O) groups is 1. The molecule has 7 nitrogen and oxygen atoms in total. The second-order valence-corrected chi connectivity index (χ2v) is 8.19. The van der Waals surface area contributed by atoms with Crippen LogP contribution in [0.15, 0.2) is 47.4 Å². The minimum absolute atomic E-state index is 0.136. The van der Waals surface area contributed by atoms with Crippen molar-refractivity contribution in [2.24, 2.45) is 0 Å². The van der Waals surface area contributed by atoms with Crippen molar-refractivity contribution in [2.45, 2.75) is 11.4 Å². The third kappa shape index (κ3) is 4.71. The molecular formula is C16H11F3N4O3S2. The Bertz CT molecular complexity index is 1120. The van der Waals surface area contributed by atoms with E-state index < -0.39 is 33.4 Å². The van der Waals surface area contributed by atoms with Gasteiger partial charge in [0.25, 0.3) is 5.91 Å². The van der Waals surface area contributed by atoms with E-state index in [-0.39, 0.29) is 27.1 Å². The molecule has 0 radical (unpaired) electrons. The topological polar surface area (TPSA) is 101 Å². The predicted molar refractivity (Wildman–Crippen MR) is 94.6 cm³/mol. The lowest BCUT2D eigenvalue weighted by Gasteiger charge is -2.04. The molecule has 0 unspecified atom stereocenters. The summed E-state index contributed by atoms with van der Waals surface area (Å²) < 4.78 is 65.9. The molecule has 1 aromatic heterocycles. The van der Waals surface area contributed by atoms with E-state index in [1.807, 2.05) is 0 Å². The third-order valence-electron chi connectivity index (χ3n) is 3.38. The summed E-state index contributed by atoms with van der Waals surface area (Å²) in [7, 11) is -3.91. The fourth-order valence-electron chi connectivity index (χ4n) is 2.04. The average Bonchev–Trinajstić information content (AvgIpc) is 3.12. The van der Waals surface area contributed by atoms with Gasteiger partial charge in [-0.2, -0.15) is 0 Å². The van der Waals surface area contributed by atoms with E-state index in [1.165, 1.54) is 0 Å². The first-order valence-electron chi connectivity index (χ1n) is 7.58. The van der Waals surface area contributed by atoms with Gasteiger partial charge >= 0.3 is 0 Å². The molecule has 0 aliphatic heterocycles. The Morgan fingerprint density at radius 3 is 2.36 bits per heavy atom. The van der Waals surface area contributed by atoms with E-state index in [9.17, 15) is 26.4 Å². The van der Waals surface area contributed by atoms with Crippen molar-refractivity contribution in [3.05, 3.63) is 69.9 Å². The van der Waals surface area contributed by atoms with Gasteiger partial charge in [-0.15, -0.1) is 10.2 Å². The summed E-state index contributed by atoms with van der Waals surface area (Å²) in [5.74, 6) is -3.10. The van der Waals surface area contributed by atoms with E-state index in [1.54, 1.807) is 0 Å². The standard InChI is InChI=1S/C16H11F3N4O3S2/c17-9-1-4-11(5-2-9)28(25,26)20-8-14-22-23-16(27-14)15(24)21-13-6-3-10(18)7-12(13)19/h1-7,20H,8H2,(H,21,24). The van der Waals surface area contributed by atoms with Crippen LogP contribution in [-0.2, 0) is 16.6 Å². The maximum atomic E-state index is 13.6. The van der Waals surface area contributed by atoms with Crippen molar-refractivity contribution in [2.75, 3.05) is 5.32 Å². The van der Waals surface area contributed by atoms with Crippen LogP contribution in [0.3, 0.4) is 0 Å². The second-order valence-electron chi connectivity index (χ2n) is 5.36.